The van der Waals surface area contributed by atoms with Gasteiger partial charge in [-0.15, -0.1) is 6.58 Å². The van der Waals surface area contributed by atoms with Gasteiger partial charge in [-0.25, -0.2) is 4.79 Å². The fourth-order valence-electron chi connectivity index (χ4n) is 1.47. The summed E-state index contributed by atoms with van der Waals surface area (Å²) >= 11 is 0. The van der Waals surface area contributed by atoms with Gasteiger partial charge in [0.2, 0.25) is 5.91 Å². The second-order valence-electron chi connectivity index (χ2n) is 5.36. The first kappa shape index (κ1) is 18.4. The van der Waals surface area contributed by atoms with Crippen LogP contribution in [0.4, 0.5) is 4.79 Å². The van der Waals surface area contributed by atoms with Gasteiger partial charge in [0.15, 0.2) is 0 Å². The van der Waals surface area contributed by atoms with Gasteiger partial charge in [-0.1, -0.05) is 6.08 Å². The predicted molar refractivity (Wildman–Crippen MR) is 77.3 cm³/mol. The number of amides is 2. The van der Waals surface area contributed by atoms with Gasteiger partial charge in [-0.05, 0) is 27.2 Å². The van der Waals surface area contributed by atoms with Crippen LogP contribution in [0.3, 0.4) is 0 Å². The molecule has 20 heavy (non-hydrogen) atoms. The summed E-state index contributed by atoms with van der Waals surface area (Å²) in [5.41, 5.74) is -0.555. The van der Waals surface area contributed by atoms with Gasteiger partial charge in [0.05, 0.1) is 6.61 Å². The average molecular weight is 286 g/mol. The van der Waals surface area contributed by atoms with Crippen molar-refractivity contribution in [2.75, 3.05) is 26.2 Å². The smallest absolute Gasteiger partial charge is 0.407 e. The Morgan fingerprint density at radius 2 is 2.00 bits per heavy atom. The van der Waals surface area contributed by atoms with Gasteiger partial charge in [0.1, 0.15) is 5.60 Å². The molecule has 0 heterocycles. The summed E-state index contributed by atoms with van der Waals surface area (Å²) in [6.07, 6.45) is 2.03. The Labute approximate surface area is 120 Å². The molecule has 2 N–H and O–H groups in total. The molecule has 0 rings (SSSR count). The van der Waals surface area contributed by atoms with Gasteiger partial charge < -0.3 is 20.1 Å². The highest BCUT2D eigenvalue weighted by atomic mass is 16.6. The maximum absolute atomic E-state index is 11.9. The zero-order valence-corrected chi connectivity index (χ0v) is 12.6. The summed E-state index contributed by atoms with van der Waals surface area (Å²) in [6, 6.07) is 0. The van der Waals surface area contributed by atoms with Crippen LogP contribution in [0.15, 0.2) is 12.7 Å². The van der Waals surface area contributed by atoms with Crippen molar-refractivity contribution in [2.45, 2.75) is 39.2 Å². The van der Waals surface area contributed by atoms with E-state index in [-0.39, 0.29) is 25.5 Å². The molecule has 0 atom stereocenters. The lowest BCUT2D eigenvalue weighted by Gasteiger charge is -2.22. The van der Waals surface area contributed by atoms with Gasteiger partial charge in [0, 0.05) is 26.1 Å². The van der Waals surface area contributed by atoms with E-state index in [1.54, 1.807) is 31.7 Å². The molecule has 0 aromatic heterocycles. The number of aliphatic hydroxyl groups excluding tert-OH is 1. The predicted octanol–water partition coefficient (Wildman–Crippen LogP) is 1.30. The molecule has 2 amide bonds. The van der Waals surface area contributed by atoms with Crippen molar-refractivity contribution >= 4 is 12.0 Å². The third-order valence-corrected chi connectivity index (χ3v) is 2.33. The number of nitrogens with one attached hydrogen (secondary N) is 1. The summed E-state index contributed by atoms with van der Waals surface area (Å²) in [5, 5.41) is 11.4. The molecule has 116 valence electrons. The van der Waals surface area contributed by atoms with Crippen molar-refractivity contribution in [3.05, 3.63) is 12.7 Å². The van der Waals surface area contributed by atoms with Gasteiger partial charge in [0.25, 0.3) is 0 Å². The molecule has 0 fully saturated rings. The van der Waals surface area contributed by atoms with E-state index in [0.717, 1.165) is 0 Å². The van der Waals surface area contributed by atoms with Crippen LogP contribution >= 0.6 is 0 Å². The van der Waals surface area contributed by atoms with E-state index in [1.165, 1.54) is 0 Å². The van der Waals surface area contributed by atoms with Crippen LogP contribution in [0.25, 0.3) is 0 Å². The highest BCUT2D eigenvalue weighted by molar-refractivity contribution is 5.77. The third-order valence-electron chi connectivity index (χ3n) is 2.33. The number of hydrogen-bond acceptors (Lipinski definition) is 4. The number of nitrogens with zero attached hydrogens (tertiary/aromatic N) is 1. The van der Waals surface area contributed by atoms with E-state index in [2.05, 4.69) is 11.9 Å². The van der Waals surface area contributed by atoms with E-state index in [0.29, 0.717) is 19.5 Å². The molecule has 0 aliphatic rings. The van der Waals surface area contributed by atoms with Gasteiger partial charge >= 0.3 is 6.09 Å². The summed E-state index contributed by atoms with van der Waals surface area (Å²) in [6.45, 7) is 9.86. The monoisotopic (exact) mass is 286 g/mol. The largest absolute Gasteiger partial charge is 0.444 e. The van der Waals surface area contributed by atoms with Crippen molar-refractivity contribution in [2.24, 2.45) is 0 Å². The first-order valence-corrected chi connectivity index (χ1v) is 6.76. The minimum atomic E-state index is -0.555. The fraction of sp³-hybridized carbons (Fsp3) is 0.714. The van der Waals surface area contributed by atoms with Crippen LogP contribution in [0, 0.1) is 0 Å². The topological polar surface area (TPSA) is 78.9 Å². The Morgan fingerprint density at radius 3 is 2.50 bits per heavy atom. The SMILES string of the molecule is C=CCCN(CCO)C(=O)CCNC(=O)OC(C)(C)C. The van der Waals surface area contributed by atoms with E-state index in [1.807, 2.05) is 0 Å². The van der Waals surface area contributed by atoms with Crippen LogP contribution in [0.5, 0.6) is 0 Å². The molecule has 0 aliphatic heterocycles. The van der Waals surface area contributed by atoms with Crippen LogP contribution in [0.2, 0.25) is 0 Å². The minimum absolute atomic E-state index is 0.0810. The highest BCUT2D eigenvalue weighted by Crippen LogP contribution is 2.06. The van der Waals surface area contributed by atoms with Crippen LogP contribution in [-0.4, -0.2) is 53.8 Å². The molecular weight excluding hydrogens is 260 g/mol. The maximum atomic E-state index is 11.9. The number of rotatable bonds is 8. The Morgan fingerprint density at radius 1 is 1.35 bits per heavy atom. The van der Waals surface area contributed by atoms with Gasteiger partial charge in [-0.2, -0.15) is 0 Å². The number of carbonyl (C=O) groups excluding carboxylic acids is 2. The maximum Gasteiger partial charge on any atom is 0.407 e. The summed E-state index contributed by atoms with van der Waals surface area (Å²) in [5.74, 6) is -0.114. The zero-order valence-electron chi connectivity index (χ0n) is 12.6. The average Bonchev–Trinajstić information content (AvgIpc) is 2.32. The zero-order chi connectivity index (χ0) is 15.6. The normalized spacial score (nSPS) is 10.8. The molecule has 0 aliphatic carbocycles. The number of alkyl carbamates (subject to hydrolysis) is 1. The van der Waals surface area contributed by atoms with Crippen LogP contribution < -0.4 is 5.32 Å². The molecule has 0 bridgehead atoms. The number of ether oxygens (including phenoxy) is 1. The van der Waals surface area contributed by atoms with Crippen LogP contribution in [0.1, 0.15) is 33.6 Å². The fourth-order valence-corrected chi connectivity index (χ4v) is 1.47. The highest BCUT2D eigenvalue weighted by Gasteiger charge is 2.17. The molecule has 0 unspecified atom stereocenters. The minimum Gasteiger partial charge on any atom is -0.444 e. The third kappa shape index (κ3) is 9.38. The molecule has 6 nitrogen and oxygen atoms in total. The lowest BCUT2D eigenvalue weighted by molar-refractivity contribution is -0.131. The Bertz CT molecular complexity index is 324. The van der Waals surface area contributed by atoms with Crippen molar-refractivity contribution in [3.8, 4) is 0 Å². The quantitative estimate of drug-likeness (QED) is 0.659. The Hall–Kier alpha value is -1.56. The standard InChI is InChI=1S/C14H26N2O4/c1-5-6-9-16(10-11-17)12(18)7-8-15-13(19)20-14(2,3)4/h5,17H,1,6-11H2,2-4H3,(H,15,19). The van der Waals surface area contributed by atoms with Crippen molar-refractivity contribution in [3.63, 3.8) is 0 Å². The van der Waals surface area contributed by atoms with E-state index in [4.69, 9.17) is 9.84 Å². The molecule has 0 aromatic carbocycles. The van der Waals surface area contributed by atoms with E-state index < -0.39 is 11.7 Å². The molecule has 0 saturated heterocycles. The number of aliphatic hydroxyl groups is 1. The first-order valence-electron chi connectivity index (χ1n) is 6.76. The van der Waals surface area contributed by atoms with Gasteiger partial charge in [-0.3, -0.25) is 4.79 Å². The van der Waals surface area contributed by atoms with Crippen molar-refractivity contribution in [1.82, 2.24) is 10.2 Å². The lowest BCUT2D eigenvalue weighted by atomic mass is 10.2. The molecule has 0 saturated carbocycles. The molecule has 6 heteroatoms. The molecule has 0 spiro atoms. The van der Waals surface area contributed by atoms with Crippen molar-refractivity contribution < 1.29 is 19.4 Å². The van der Waals surface area contributed by atoms with Crippen molar-refractivity contribution in [1.29, 1.82) is 0 Å². The summed E-state index contributed by atoms with van der Waals surface area (Å²) in [7, 11) is 0. The second kappa shape index (κ2) is 9.36. The van der Waals surface area contributed by atoms with E-state index >= 15 is 0 Å². The number of hydrogen-bond donors (Lipinski definition) is 2. The summed E-state index contributed by atoms with van der Waals surface area (Å²) < 4.78 is 5.06. The first-order chi connectivity index (χ1) is 9.30. The molecular formula is C14H26N2O4. The Kier molecular flexibility index (Phi) is 8.63. The summed E-state index contributed by atoms with van der Waals surface area (Å²) in [4.78, 5) is 24.8. The molecule has 0 radical (unpaired) electrons. The number of carbonyl (C=O) groups is 2. The van der Waals surface area contributed by atoms with Crippen LogP contribution in [-0.2, 0) is 9.53 Å². The second-order valence-corrected chi connectivity index (χ2v) is 5.36. The van der Waals surface area contributed by atoms with E-state index in [9.17, 15) is 9.59 Å². The molecule has 0 aromatic rings. The Balaban J connectivity index is 4.05. The lowest BCUT2D eigenvalue weighted by Crippen LogP contribution is -2.38.